The first kappa shape index (κ1) is 19.7. The molecule has 3 aromatic heterocycles. The molecule has 32 heavy (non-hydrogen) atoms. The van der Waals surface area contributed by atoms with Gasteiger partial charge in [0.05, 0.1) is 4.88 Å². The Morgan fingerprint density at radius 1 is 0.812 bits per heavy atom. The monoisotopic (exact) mass is 438 g/mol. The highest BCUT2D eigenvalue weighted by atomic mass is 32.1. The molecule has 0 aliphatic rings. The minimum atomic E-state index is -0.292. The predicted octanol–water partition coefficient (Wildman–Crippen LogP) is 5.57. The molecule has 0 saturated carbocycles. The van der Waals surface area contributed by atoms with Crippen LogP contribution in [0.15, 0.2) is 96.5 Å². The predicted molar refractivity (Wildman–Crippen MR) is 127 cm³/mol. The van der Waals surface area contributed by atoms with Gasteiger partial charge in [-0.15, -0.1) is 11.3 Å². The average molecular weight is 439 g/mol. The molecule has 0 aliphatic heterocycles. The third-order valence-corrected chi connectivity index (χ3v) is 5.81. The van der Waals surface area contributed by atoms with E-state index in [1.54, 1.807) is 30.3 Å². The summed E-state index contributed by atoms with van der Waals surface area (Å²) in [5, 5.41) is 7.69. The minimum Gasteiger partial charge on any atom is -0.321 e. The number of benzene rings is 2. The number of carbonyl (C=O) groups excluding carboxylic acids is 2. The van der Waals surface area contributed by atoms with Crippen molar-refractivity contribution in [2.24, 2.45) is 0 Å². The molecule has 0 saturated heterocycles. The molecule has 0 atom stereocenters. The lowest BCUT2D eigenvalue weighted by Crippen LogP contribution is -2.15. The lowest BCUT2D eigenvalue weighted by atomic mass is 10.1. The number of aromatic nitrogens is 2. The minimum absolute atomic E-state index is 0.203. The first-order chi connectivity index (χ1) is 15.7. The highest BCUT2D eigenvalue weighted by Crippen LogP contribution is 2.29. The topological polar surface area (TPSA) is 75.5 Å². The van der Waals surface area contributed by atoms with E-state index in [0.29, 0.717) is 27.6 Å². The number of carbonyl (C=O) groups is 2. The second-order valence-corrected chi connectivity index (χ2v) is 8.02. The van der Waals surface area contributed by atoms with Gasteiger partial charge in [0, 0.05) is 23.0 Å². The lowest BCUT2D eigenvalue weighted by molar-refractivity contribution is 0.101. The van der Waals surface area contributed by atoms with E-state index < -0.39 is 0 Å². The first-order valence-electron chi connectivity index (χ1n) is 9.98. The number of hydrogen-bond donors (Lipinski definition) is 2. The summed E-state index contributed by atoms with van der Waals surface area (Å²) >= 11 is 1.36. The van der Waals surface area contributed by atoms with Crippen LogP contribution in [-0.4, -0.2) is 21.2 Å². The summed E-state index contributed by atoms with van der Waals surface area (Å²) in [5.41, 5.74) is 3.31. The number of imidazole rings is 1. The third-order valence-electron chi connectivity index (χ3n) is 4.94. The molecule has 2 N–H and O–H groups in total. The van der Waals surface area contributed by atoms with Crippen molar-refractivity contribution in [1.29, 1.82) is 0 Å². The van der Waals surface area contributed by atoms with Crippen LogP contribution in [0.3, 0.4) is 0 Å². The molecule has 0 aliphatic carbocycles. The normalized spacial score (nSPS) is 10.8. The van der Waals surface area contributed by atoms with Gasteiger partial charge in [-0.1, -0.05) is 48.5 Å². The summed E-state index contributed by atoms with van der Waals surface area (Å²) in [6.45, 7) is 0. The van der Waals surface area contributed by atoms with Gasteiger partial charge in [-0.3, -0.25) is 14.0 Å². The average Bonchev–Trinajstić information content (AvgIpc) is 3.49. The molecule has 0 unspecified atom stereocenters. The highest BCUT2D eigenvalue weighted by Gasteiger charge is 2.17. The van der Waals surface area contributed by atoms with Crippen molar-refractivity contribution in [1.82, 2.24) is 9.38 Å². The third kappa shape index (κ3) is 3.89. The van der Waals surface area contributed by atoms with Crippen molar-refractivity contribution in [3.8, 4) is 11.3 Å². The van der Waals surface area contributed by atoms with Crippen LogP contribution in [0, 0.1) is 0 Å². The molecule has 2 aromatic carbocycles. The van der Waals surface area contributed by atoms with E-state index in [1.165, 1.54) is 11.3 Å². The van der Waals surface area contributed by atoms with Crippen LogP contribution in [0.25, 0.3) is 16.9 Å². The van der Waals surface area contributed by atoms with Crippen LogP contribution in [0.1, 0.15) is 20.0 Å². The van der Waals surface area contributed by atoms with Gasteiger partial charge >= 0.3 is 0 Å². The van der Waals surface area contributed by atoms with E-state index in [-0.39, 0.29) is 11.8 Å². The molecule has 5 aromatic rings. The Morgan fingerprint density at radius 2 is 1.66 bits per heavy atom. The maximum atomic E-state index is 13.1. The fourth-order valence-electron chi connectivity index (χ4n) is 3.43. The Kier molecular flexibility index (Phi) is 5.23. The van der Waals surface area contributed by atoms with Gasteiger partial charge in [-0.05, 0) is 41.8 Å². The molecule has 3 heterocycles. The van der Waals surface area contributed by atoms with E-state index in [4.69, 9.17) is 4.98 Å². The summed E-state index contributed by atoms with van der Waals surface area (Å²) < 4.78 is 1.85. The molecule has 5 rings (SSSR count). The molecule has 7 heteroatoms. The van der Waals surface area contributed by atoms with E-state index in [1.807, 2.05) is 70.6 Å². The number of pyridine rings is 1. The fraction of sp³-hybridized carbons (Fsp3) is 0. The van der Waals surface area contributed by atoms with Crippen LogP contribution < -0.4 is 10.6 Å². The van der Waals surface area contributed by atoms with Gasteiger partial charge in [0.1, 0.15) is 17.2 Å². The van der Waals surface area contributed by atoms with Crippen molar-refractivity contribution >= 4 is 40.3 Å². The van der Waals surface area contributed by atoms with E-state index in [0.717, 1.165) is 11.2 Å². The van der Waals surface area contributed by atoms with E-state index >= 15 is 0 Å². The number of amides is 2. The zero-order valence-corrected chi connectivity index (χ0v) is 17.7. The number of hydrogen-bond acceptors (Lipinski definition) is 4. The lowest BCUT2D eigenvalue weighted by Gasteiger charge is -2.10. The second kappa shape index (κ2) is 8.49. The van der Waals surface area contributed by atoms with Crippen molar-refractivity contribution in [2.75, 3.05) is 10.6 Å². The molecule has 0 radical (unpaired) electrons. The number of rotatable bonds is 5. The Labute approximate surface area is 188 Å². The Morgan fingerprint density at radius 3 is 2.47 bits per heavy atom. The van der Waals surface area contributed by atoms with Crippen molar-refractivity contribution < 1.29 is 9.59 Å². The van der Waals surface area contributed by atoms with Crippen LogP contribution >= 0.6 is 11.3 Å². The molecule has 0 fully saturated rings. The Balaban J connectivity index is 1.45. The van der Waals surface area contributed by atoms with Crippen LogP contribution in [0.2, 0.25) is 0 Å². The van der Waals surface area contributed by atoms with Gasteiger partial charge in [0.15, 0.2) is 0 Å². The van der Waals surface area contributed by atoms with Gasteiger partial charge < -0.3 is 10.6 Å². The summed E-state index contributed by atoms with van der Waals surface area (Å²) in [6, 6.07) is 25.9. The van der Waals surface area contributed by atoms with Gasteiger partial charge in [-0.2, -0.15) is 0 Å². The fourth-order valence-corrected chi connectivity index (χ4v) is 4.05. The quantitative estimate of drug-likeness (QED) is 0.377. The Hall–Kier alpha value is -4.23. The summed E-state index contributed by atoms with van der Waals surface area (Å²) in [7, 11) is 0. The smallest absolute Gasteiger partial charge is 0.265 e. The largest absolute Gasteiger partial charge is 0.321 e. The van der Waals surface area contributed by atoms with Gasteiger partial charge in [0.2, 0.25) is 0 Å². The summed E-state index contributed by atoms with van der Waals surface area (Å²) in [4.78, 5) is 30.8. The molecule has 156 valence electrons. The molecule has 2 amide bonds. The van der Waals surface area contributed by atoms with E-state index in [9.17, 15) is 9.59 Å². The van der Waals surface area contributed by atoms with Gasteiger partial charge in [0.25, 0.3) is 11.8 Å². The van der Waals surface area contributed by atoms with Crippen molar-refractivity contribution in [3.63, 3.8) is 0 Å². The maximum Gasteiger partial charge on any atom is 0.265 e. The molecule has 0 bridgehead atoms. The van der Waals surface area contributed by atoms with Crippen LogP contribution in [0.5, 0.6) is 0 Å². The number of anilines is 2. The SMILES string of the molecule is O=C(Nc1c(-c2ccccc2)nc2ccccn12)c1cccc(NC(=O)c2cccs2)c1. The molecule has 6 nitrogen and oxygen atoms in total. The number of nitrogens with one attached hydrogen (secondary N) is 2. The van der Waals surface area contributed by atoms with Crippen LogP contribution in [0.4, 0.5) is 11.5 Å². The number of nitrogens with zero attached hydrogens (tertiary/aromatic N) is 2. The molecular weight excluding hydrogens is 420 g/mol. The highest BCUT2D eigenvalue weighted by molar-refractivity contribution is 7.12. The first-order valence-corrected chi connectivity index (χ1v) is 10.9. The van der Waals surface area contributed by atoms with Gasteiger partial charge in [-0.25, -0.2) is 4.98 Å². The zero-order valence-electron chi connectivity index (χ0n) is 16.9. The summed E-state index contributed by atoms with van der Waals surface area (Å²) in [5.74, 6) is 0.0931. The molecular formula is C25H18N4O2S. The number of fused-ring (bicyclic) bond motifs is 1. The van der Waals surface area contributed by atoms with Crippen molar-refractivity contribution in [3.05, 3.63) is 107 Å². The zero-order chi connectivity index (χ0) is 21.9. The van der Waals surface area contributed by atoms with E-state index in [2.05, 4.69) is 10.6 Å². The van der Waals surface area contributed by atoms with Crippen molar-refractivity contribution in [2.45, 2.75) is 0 Å². The second-order valence-electron chi connectivity index (χ2n) is 7.07. The maximum absolute atomic E-state index is 13.1. The number of thiophene rings is 1. The Bertz CT molecular complexity index is 1410. The summed E-state index contributed by atoms with van der Waals surface area (Å²) in [6.07, 6.45) is 1.86. The van der Waals surface area contributed by atoms with Crippen LogP contribution in [-0.2, 0) is 0 Å². The molecule has 0 spiro atoms. The standard InChI is InChI=1S/C25H18N4O2S/c30-24(18-10-6-11-19(16-18)26-25(31)20-12-7-15-32-20)28-23-22(17-8-2-1-3-9-17)27-21-13-4-5-14-29(21)23/h1-16H,(H,26,31)(H,28,30).